The molecule has 1 N–H and O–H groups in total. The van der Waals surface area contributed by atoms with Crippen molar-refractivity contribution in [2.24, 2.45) is 0 Å². The van der Waals surface area contributed by atoms with Crippen LogP contribution in [0.2, 0.25) is 5.02 Å². The molecule has 0 fully saturated rings. The second kappa shape index (κ2) is 7.36. The molecule has 0 saturated heterocycles. The Labute approximate surface area is 178 Å². The quantitative estimate of drug-likeness (QED) is 0.467. The van der Waals surface area contributed by atoms with Crippen molar-refractivity contribution in [1.29, 1.82) is 0 Å². The number of hydrogen-bond acceptors (Lipinski definition) is 6. The van der Waals surface area contributed by atoms with Gasteiger partial charge in [-0.15, -0.1) is 0 Å². The van der Waals surface area contributed by atoms with E-state index in [2.05, 4.69) is 15.2 Å². The van der Waals surface area contributed by atoms with E-state index in [9.17, 15) is 16.8 Å². The summed E-state index contributed by atoms with van der Waals surface area (Å²) < 4.78 is 49.4. The van der Waals surface area contributed by atoms with E-state index >= 15 is 0 Å². The molecule has 3 heterocycles. The topological polar surface area (TPSA) is 115 Å². The Bertz CT molecular complexity index is 1490. The zero-order valence-corrected chi connectivity index (χ0v) is 18.6. The van der Waals surface area contributed by atoms with Crippen molar-refractivity contribution < 1.29 is 16.8 Å². The second-order valence-electron chi connectivity index (χ2n) is 7.28. The smallest absolute Gasteiger partial charge is 0.195 e. The van der Waals surface area contributed by atoms with Crippen LogP contribution in [0.1, 0.15) is 11.4 Å². The number of benzene rings is 1. The molecule has 0 aliphatic heterocycles. The number of H-pyrrole nitrogens is 1. The minimum absolute atomic E-state index is 0.00762. The van der Waals surface area contributed by atoms with Crippen LogP contribution < -0.4 is 0 Å². The highest BCUT2D eigenvalue weighted by molar-refractivity contribution is 7.91. The van der Waals surface area contributed by atoms with E-state index in [0.29, 0.717) is 28.0 Å². The number of halogens is 1. The molecule has 0 atom stereocenters. The van der Waals surface area contributed by atoms with Crippen molar-refractivity contribution in [3.05, 3.63) is 52.9 Å². The minimum Gasteiger partial charge on any atom is -0.343 e. The summed E-state index contributed by atoms with van der Waals surface area (Å²) >= 11 is 6.13. The molecule has 0 saturated carbocycles. The van der Waals surface area contributed by atoms with E-state index < -0.39 is 19.7 Å². The minimum atomic E-state index is -3.49. The number of hydrogen-bond donors (Lipinski definition) is 1. The Kier molecular flexibility index (Phi) is 5.11. The van der Waals surface area contributed by atoms with E-state index in [1.807, 2.05) is 22.8 Å². The molecule has 0 bridgehead atoms. The fraction of sp³-hybridized carbons (Fsp3) is 0.263. The molecule has 30 heavy (non-hydrogen) atoms. The van der Waals surface area contributed by atoms with Crippen LogP contribution >= 0.6 is 11.6 Å². The Morgan fingerprint density at radius 3 is 2.57 bits per heavy atom. The van der Waals surface area contributed by atoms with Crippen LogP contribution in [0.5, 0.6) is 0 Å². The summed E-state index contributed by atoms with van der Waals surface area (Å²) in [4.78, 5) is 4.41. The van der Waals surface area contributed by atoms with Crippen LogP contribution in [0, 0.1) is 0 Å². The summed E-state index contributed by atoms with van der Waals surface area (Å²) in [5.74, 6) is -0.00762. The molecule has 1 aromatic carbocycles. The van der Waals surface area contributed by atoms with Crippen LogP contribution in [-0.4, -0.2) is 54.8 Å². The van der Waals surface area contributed by atoms with E-state index in [-0.39, 0.29) is 17.3 Å². The molecule has 0 radical (unpaired) electrons. The van der Waals surface area contributed by atoms with Gasteiger partial charge < -0.3 is 4.57 Å². The lowest BCUT2D eigenvalue weighted by atomic mass is 10.1. The highest BCUT2D eigenvalue weighted by Crippen LogP contribution is 2.28. The van der Waals surface area contributed by atoms with Crippen molar-refractivity contribution in [3.63, 3.8) is 0 Å². The van der Waals surface area contributed by atoms with Gasteiger partial charge >= 0.3 is 0 Å². The lowest BCUT2D eigenvalue weighted by molar-refractivity contribution is 0.594. The Morgan fingerprint density at radius 2 is 1.87 bits per heavy atom. The number of rotatable bonds is 6. The number of aryl methyl sites for hydroxylation is 1. The second-order valence-corrected chi connectivity index (χ2v) is 11.9. The summed E-state index contributed by atoms with van der Waals surface area (Å²) in [5, 5.41) is 8.67. The van der Waals surface area contributed by atoms with Crippen molar-refractivity contribution in [2.75, 3.05) is 18.3 Å². The third-order valence-corrected chi connectivity index (χ3v) is 7.04. The number of nitrogens with zero attached hydrogens (tertiary/aromatic N) is 3. The summed E-state index contributed by atoms with van der Waals surface area (Å²) in [6.45, 7) is 0.285. The normalized spacial score (nSPS) is 12.8. The number of aromatic amines is 1. The lowest BCUT2D eigenvalue weighted by Crippen LogP contribution is -2.13. The average molecular weight is 467 g/mol. The predicted octanol–water partition coefficient (Wildman–Crippen LogP) is 2.60. The largest absolute Gasteiger partial charge is 0.343 e. The third-order valence-electron chi connectivity index (χ3n) is 4.86. The highest BCUT2D eigenvalue weighted by Gasteiger charge is 2.19. The molecule has 4 aromatic rings. The number of sulfone groups is 2. The van der Waals surface area contributed by atoms with Gasteiger partial charge in [-0.25, -0.2) is 16.8 Å². The maximum atomic E-state index is 12.0. The first-order chi connectivity index (χ1) is 14.0. The maximum Gasteiger partial charge on any atom is 0.195 e. The zero-order valence-electron chi connectivity index (χ0n) is 16.3. The monoisotopic (exact) mass is 466 g/mol. The summed E-state index contributed by atoms with van der Waals surface area (Å²) in [5.41, 5.74) is 2.86. The van der Waals surface area contributed by atoms with Gasteiger partial charge in [0.2, 0.25) is 0 Å². The van der Waals surface area contributed by atoms with Crippen LogP contribution in [0.25, 0.3) is 21.8 Å². The van der Waals surface area contributed by atoms with Gasteiger partial charge in [-0.1, -0.05) is 11.6 Å². The van der Waals surface area contributed by atoms with Crippen LogP contribution in [0.15, 0.2) is 41.6 Å². The van der Waals surface area contributed by atoms with Gasteiger partial charge in [-0.3, -0.25) is 10.1 Å². The van der Waals surface area contributed by atoms with Crippen LogP contribution in [0.3, 0.4) is 0 Å². The molecule has 0 amide bonds. The van der Waals surface area contributed by atoms with Crippen molar-refractivity contribution >= 4 is 53.1 Å². The highest BCUT2D eigenvalue weighted by atomic mass is 35.5. The first kappa shape index (κ1) is 20.8. The first-order valence-electron chi connectivity index (χ1n) is 9.00. The number of nitrogens with one attached hydrogen (secondary N) is 1. The number of pyridine rings is 1. The average Bonchev–Trinajstić information content (AvgIpc) is 3.20. The molecule has 4 rings (SSSR count). The van der Waals surface area contributed by atoms with Crippen molar-refractivity contribution in [3.8, 4) is 0 Å². The molecular weight excluding hydrogens is 448 g/mol. The van der Waals surface area contributed by atoms with E-state index in [4.69, 9.17) is 11.6 Å². The van der Waals surface area contributed by atoms with Gasteiger partial charge in [-0.2, -0.15) is 5.10 Å². The molecule has 11 heteroatoms. The Balaban J connectivity index is 1.83. The van der Waals surface area contributed by atoms with Crippen LogP contribution in [-0.2, 0) is 32.6 Å². The maximum absolute atomic E-state index is 12.0. The molecular formula is C19H19ClN4O4S2. The zero-order chi connectivity index (χ0) is 21.7. The van der Waals surface area contributed by atoms with Crippen molar-refractivity contribution in [2.45, 2.75) is 18.0 Å². The molecule has 0 spiro atoms. The van der Waals surface area contributed by atoms with Gasteiger partial charge in [-0.05, 0) is 30.3 Å². The fourth-order valence-electron chi connectivity index (χ4n) is 3.53. The third kappa shape index (κ3) is 4.07. The van der Waals surface area contributed by atoms with Gasteiger partial charge in [0.1, 0.15) is 9.84 Å². The molecule has 8 nitrogen and oxygen atoms in total. The molecule has 0 aliphatic rings. The molecule has 158 valence electrons. The van der Waals surface area contributed by atoms with Gasteiger partial charge in [0, 0.05) is 58.7 Å². The summed E-state index contributed by atoms with van der Waals surface area (Å²) in [6, 6.07) is 8.99. The fourth-order valence-corrected chi connectivity index (χ4v) is 5.01. The lowest BCUT2D eigenvalue weighted by Gasteiger charge is -2.11. The van der Waals surface area contributed by atoms with Crippen molar-refractivity contribution in [1.82, 2.24) is 19.7 Å². The van der Waals surface area contributed by atoms with Gasteiger partial charge in [0.15, 0.2) is 14.9 Å². The molecule has 3 aromatic heterocycles. The Hall–Kier alpha value is -2.43. The standard InChI is InChI=1S/C19H19ClN4O4S2/c1-29(25,26)8-7-24-14(10-12-9-13(20)3-4-17(12)24)11-16-18-15(5-6-21-16)19(23-22-18)30(2,27)28/h3-6,9-10H,7-8,11H2,1-2H3,(H,22,23). The van der Waals surface area contributed by atoms with Gasteiger partial charge in [0.25, 0.3) is 0 Å². The number of aromatic nitrogens is 4. The SMILES string of the molecule is CS(=O)(=O)CCn1c(Cc2nccc3c(S(C)(=O)=O)n[nH]c23)cc2cc(Cl)ccc21. The van der Waals surface area contributed by atoms with E-state index in [1.165, 1.54) is 6.26 Å². The van der Waals surface area contributed by atoms with Crippen LogP contribution in [0.4, 0.5) is 0 Å². The van der Waals surface area contributed by atoms with Gasteiger partial charge in [0.05, 0.1) is 17.0 Å². The van der Waals surface area contributed by atoms with E-state index in [0.717, 1.165) is 22.9 Å². The Morgan fingerprint density at radius 1 is 1.10 bits per heavy atom. The predicted molar refractivity (Wildman–Crippen MR) is 116 cm³/mol. The summed E-state index contributed by atoms with van der Waals surface area (Å²) in [7, 11) is -6.65. The summed E-state index contributed by atoms with van der Waals surface area (Å²) in [6.07, 6.45) is 4.21. The molecule has 0 unspecified atom stereocenters. The van der Waals surface area contributed by atoms with E-state index in [1.54, 1.807) is 18.3 Å². The molecule has 0 aliphatic carbocycles. The number of fused-ring (bicyclic) bond motifs is 2. The first-order valence-corrected chi connectivity index (χ1v) is 13.3.